The van der Waals surface area contributed by atoms with Gasteiger partial charge in [-0.05, 0) is 49.9 Å². The molecule has 132 valence electrons. The monoisotopic (exact) mass is 358 g/mol. The highest BCUT2D eigenvalue weighted by Gasteiger charge is 2.27. The van der Waals surface area contributed by atoms with Crippen molar-refractivity contribution in [2.45, 2.75) is 43.7 Å². The van der Waals surface area contributed by atoms with Crippen LogP contribution in [-0.4, -0.2) is 20.4 Å². The lowest BCUT2D eigenvalue weighted by molar-refractivity contribution is -0.123. The summed E-state index contributed by atoms with van der Waals surface area (Å²) in [5.41, 5.74) is 3.33. The van der Waals surface area contributed by atoms with Crippen LogP contribution in [0.4, 0.5) is 0 Å². The Morgan fingerprint density at radius 2 is 1.80 bits per heavy atom. The number of sulfonamides is 1. The molecule has 2 aromatic rings. The maximum absolute atomic E-state index is 12.4. The van der Waals surface area contributed by atoms with Gasteiger partial charge in [0.25, 0.3) is 0 Å². The van der Waals surface area contributed by atoms with Crippen molar-refractivity contribution in [2.24, 2.45) is 0 Å². The normalized spacial score (nSPS) is 17.8. The van der Waals surface area contributed by atoms with Crippen molar-refractivity contribution in [3.05, 3.63) is 65.2 Å². The highest BCUT2D eigenvalue weighted by atomic mass is 32.2. The molecule has 5 nitrogen and oxygen atoms in total. The highest BCUT2D eigenvalue weighted by Crippen LogP contribution is 2.30. The molecule has 3 rings (SSSR count). The Hall–Kier alpha value is -2.18. The lowest BCUT2D eigenvalue weighted by Crippen LogP contribution is -2.45. The van der Waals surface area contributed by atoms with Gasteiger partial charge in [0.2, 0.25) is 15.9 Å². The van der Waals surface area contributed by atoms with Gasteiger partial charge in [-0.3, -0.25) is 4.79 Å². The Labute approximate surface area is 148 Å². The van der Waals surface area contributed by atoms with Gasteiger partial charge in [0.15, 0.2) is 0 Å². The fourth-order valence-electron chi connectivity index (χ4n) is 3.08. The lowest BCUT2D eigenvalue weighted by Gasteiger charge is -2.19. The van der Waals surface area contributed by atoms with Gasteiger partial charge in [-0.1, -0.05) is 42.0 Å². The molecular weight excluding hydrogens is 336 g/mol. The number of amides is 1. The molecule has 0 unspecified atom stereocenters. The number of carbonyl (C=O) groups excluding carboxylic acids is 1. The summed E-state index contributed by atoms with van der Waals surface area (Å²) in [6, 6.07) is 13.6. The molecule has 0 radical (unpaired) electrons. The second-order valence-electron chi connectivity index (χ2n) is 6.45. The molecule has 1 aliphatic carbocycles. The molecule has 0 aromatic heterocycles. The molecule has 25 heavy (non-hydrogen) atoms. The van der Waals surface area contributed by atoms with Crippen LogP contribution in [0.25, 0.3) is 0 Å². The van der Waals surface area contributed by atoms with Crippen LogP contribution in [-0.2, 0) is 21.2 Å². The smallest absolute Gasteiger partial charge is 0.241 e. The van der Waals surface area contributed by atoms with Crippen molar-refractivity contribution in [2.75, 3.05) is 0 Å². The third kappa shape index (κ3) is 3.91. The SMILES string of the molecule is Cc1ccc(S(=O)(=O)N[C@H](C)C(=O)N[C@H]2CCc3ccccc32)cc1. The Bertz CT molecular complexity index is 876. The predicted octanol–water partition coefficient (Wildman–Crippen LogP) is 2.47. The molecule has 0 aliphatic heterocycles. The summed E-state index contributed by atoms with van der Waals surface area (Å²) < 4.78 is 27.3. The molecule has 1 amide bonds. The first-order valence-corrected chi connectivity index (χ1v) is 9.82. The van der Waals surface area contributed by atoms with Crippen LogP contribution in [0.2, 0.25) is 0 Å². The molecule has 0 saturated heterocycles. The van der Waals surface area contributed by atoms with Crippen molar-refractivity contribution >= 4 is 15.9 Å². The summed E-state index contributed by atoms with van der Waals surface area (Å²) >= 11 is 0. The van der Waals surface area contributed by atoms with E-state index in [9.17, 15) is 13.2 Å². The molecule has 0 fully saturated rings. The number of hydrogen-bond acceptors (Lipinski definition) is 3. The van der Waals surface area contributed by atoms with Crippen molar-refractivity contribution in [3.63, 3.8) is 0 Å². The number of rotatable bonds is 5. The fraction of sp³-hybridized carbons (Fsp3) is 0.316. The third-order valence-electron chi connectivity index (χ3n) is 4.51. The van der Waals surface area contributed by atoms with Gasteiger partial charge >= 0.3 is 0 Å². The summed E-state index contributed by atoms with van der Waals surface area (Å²) in [4.78, 5) is 12.6. The summed E-state index contributed by atoms with van der Waals surface area (Å²) in [7, 11) is -3.73. The quantitative estimate of drug-likeness (QED) is 0.862. The number of hydrogen-bond donors (Lipinski definition) is 2. The molecule has 2 N–H and O–H groups in total. The van der Waals surface area contributed by atoms with E-state index in [1.54, 1.807) is 19.1 Å². The van der Waals surface area contributed by atoms with Gasteiger partial charge in [0.05, 0.1) is 17.0 Å². The topological polar surface area (TPSA) is 75.3 Å². The molecule has 0 bridgehead atoms. The molecule has 0 heterocycles. The van der Waals surface area contributed by atoms with E-state index in [0.717, 1.165) is 24.0 Å². The zero-order valence-electron chi connectivity index (χ0n) is 14.3. The highest BCUT2D eigenvalue weighted by molar-refractivity contribution is 7.89. The molecule has 2 aromatic carbocycles. The number of carbonyl (C=O) groups is 1. The number of fused-ring (bicyclic) bond motifs is 1. The molecule has 2 atom stereocenters. The van der Waals surface area contributed by atoms with E-state index >= 15 is 0 Å². The predicted molar refractivity (Wildman–Crippen MR) is 96.6 cm³/mol. The van der Waals surface area contributed by atoms with Crippen molar-refractivity contribution in [1.82, 2.24) is 10.0 Å². The molecular formula is C19H22N2O3S. The summed E-state index contributed by atoms with van der Waals surface area (Å²) in [5, 5.41) is 2.95. The Kier molecular flexibility index (Phi) is 4.92. The number of benzene rings is 2. The standard InChI is InChI=1S/C19H22N2O3S/c1-13-7-10-16(11-8-13)25(23,24)21-14(2)19(22)20-18-12-9-15-5-3-4-6-17(15)18/h3-8,10-11,14,18,21H,9,12H2,1-2H3,(H,20,22)/t14-,18+/m1/s1. The van der Waals surface area contributed by atoms with Crippen LogP contribution in [0, 0.1) is 6.92 Å². The second-order valence-corrected chi connectivity index (χ2v) is 8.17. The zero-order valence-corrected chi connectivity index (χ0v) is 15.1. The molecule has 0 spiro atoms. The Balaban J connectivity index is 1.66. The lowest BCUT2D eigenvalue weighted by atomic mass is 10.1. The summed E-state index contributed by atoms with van der Waals surface area (Å²) in [5.74, 6) is -0.322. The van der Waals surface area contributed by atoms with E-state index in [1.165, 1.54) is 17.7 Å². The van der Waals surface area contributed by atoms with E-state index in [2.05, 4.69) is 16.1 Å². The van der Waals surface area contributed by atoms with Crippen LogP contribution in [0.1, 0.15) is 36.1 Å². The Morgan fingerprint density at radius 1 is 1.12 bits per heavy atom. The minimum absolute atomic E-state index is 0.0602. The van der Waals surface area contributed by atoms with Gasteiger partial charge in [-0.2, -0.15) is 4.72 Å². The molecule has 6 heteroatoms. The van der Waals surface area contributed by atoms with Crippen molar-refractivity contribution in [1.29, 1.82) is 0 Å². The van der Waals surface area contributed by atoms with Crippen LogP contribution >= 0.6 is 0 Å². The third-order valence-corrected chi connectivity index (χ3v) is 6.06. The van der Waals surface area contributed by atoms with Crippen LogP contribution in [0.5, 0.6) is 0 Å². The van der Waals surface area contributed by atoms with E-state index in [1.807, 2.05) is 25.1 Å². The average Bonchev–Trinajstić information content (AvgIpc) is 2.98. The molecule has 0 saturated carbocycles. The first-order chi connectivity index (χ1) is 11.9. The van der Waals surface area contributed by atoms with Gasteiger partial charge in [0.1, 0.15) is 0 Å². The van der Waals surface area contributed by atoms with E-state index in [4.69, 9.17) is 0 Å². The van der Waals surface area contributed by atoms with E-state index in [0.29, 0.717) is 0 Å². The van der Waals surface area contributed by atoms with Gasteiger partial charge in [0, 0.05) is 0 Å². The largest absolute Gasteiger partial charge is 0.348 e. The minimum atomic E-state index is -3.73. The summed E-state index contributed by atoms with van der Waals surface area (Å²) in [6.07, 6.45) is 1.76. The van der Waals surface area contributed by atoms with E-state index < -0.39 is 16.1 Å². The Morgan fingerprint density at radius 3 is 2.52 bits per heavy atom. The maximum atomic E-state index is 12.4. The fourth-order valence-corrected chi connectivity index (χ4v) is 4.28. The first kappa shape index (κ1) is 17.6. The van der Waals surface area contributed by atoms with E-state index in [-0.39, 0.29) is 16.8 Å². The second kappa shape index (κ2) is 6.98. The summed E-state index contributed by atoms with van der Waals surface area (Å²) in [6.45, 7) is 3.45. The van der Waals surface area contributed by atoms with Crippen LogP contribution < -0.4 is 10.0 Å². The van der Waals surface area contributed by atoms with Gasteiger partial charge in [-0.25, -0.2) is 8.42 Å². The number of aryl methyl sites for hydroxylation is 2. The average molecular weight is 358 g/mol. The van der Waals surface area contributed by atoms with Crippen molar-refractivity contribution < 1.29 is 13.2 Å². The van der Waals surface area contributed by atoms with Gasteiger partial charge < -0.3 is 5.32 Å². The van der Waals surface area contributed by atoms with Gasteiger partial charge in [-0.15, -0.1) is 0 Å². The maximum Gasteiger partial charge on any atom is 0.241 e. The van der Waals surface area contributed by atoms with Crippen LogP contribution in [0.3, 0.4) is 0 Å². The zero-order chi connectivity index (χ0) is 18.0. The molecule has 1 aliphatic rings. The number of nitrogens with one attached hydrogen (secondary N) is 2. The first-order valence-electron chi connectivity index (χ1n) is 8.34. The van der Waals surface area contributed by atoms with Crippen molar-refractivity contribution in [3.8, 4) is 0 Å². The van der Waals surface area contributed by atoms with Crippen LogP contribution in [0.15, 0.2) is 53.4 Å². The minimum Gasteiger partial charge on any atom is -0.348 e.